The minimum Gasteiger partial charge on any atom is -0.455 e. The summed E-state index contributed by atoms with van der Waals surface area (Å²) in [6.45, 7) is 0. The van der Waals surface area contributed by atoms with Crippen molar-refractivity contribution in [1.29, 1.82) is 0 Å². The number of rotatable bonds is 15. The van der Waals surface area contributed by atoms with Gasteiger partial charge in [0.15, 0.2) is 34.9 Å². The molecule has 0 atom stereocenters. The Morgan fingerprint density at radius 2 is 0.392 bits per heavy atom. The molecule has 10 nitrogen and oxygen atoms in total. The Hall–Kier alpha value is -17.6. The fraction of sp³-hybridized carbons (Fsp3) is 0. The fourth-order valence-electron chi connectivity index (χ4n) is 18.6. The first-order chi connectivity index (χ1) is 64.4. The zero-order valence-electron chi connectivity index (χ0n) is 70.3. The normalized spacial score (nSPS) is 11.5. The summed E-state index contributed by atoms with van der Waals surface area (Å²) in [5, 5.41) is 9.18. The van der Waals surface area contributed by atoms with Gasteiger partial charge in [-0.25, -0.2) is 29.9 Å². The van der Waals surface area contributed by atoms with Crippen molar-refractivity contribution in [3.05, 3.63) is 461 Å². The molecule has 0 N–H and O–H groups in total. The van der Waals surface area contributed by atoms with Crippen molar-refractivity contribution in [2.24, 2.45) is 0 Å². The second-order valence-corrected chi connectivity index (χ2v) is 32.7. The maximum Gasteiger partial charge on any atom is 0.164 e. The SMILES string of the molecule is c1ccc(-c2ccc(-c3nc(-c4ccc(-c5ccccc5)cc4)nc(-c4ccc(-n5c6ccccc6c6ccc(-c7cccc8c7oc7ccccc78)cc65)c(-c5ccccc5)c4)n3)cc2)cc1.c1ccc(-c2ccc(-c3nc(-c4ccccc4)nc(-c4ccc(-n5c6ccccc6c6ccc(-c7cccc8c7oc7ccccc78)cc65)c(-c5ccccc5)c4)n3)cc2)cc1. The Balaban J connectivity index is 0.000000145. The monoisotopic (exact) mass is 1660 g/mol. The smallest absolute Gasteiger partial charge is 0.164 e. The molecule has 0 radical (unpaired) electrons. The second kappa shape index (κ2) is 32.5. The minimum absolute atomic E-state index is 0.594. The molecule has 0 aliphatic carbocycles. The Labute approximate surface area is 749 Å². The lowest BCUT2D eigenvalue weighted by molar-refractivity contribution is 0.669. The Kier molecular flexibility index (Phi) is 19.0. The molecule has 19 aromatic carbocycles. The quantitative estimate of drug-likeness (QED) is 0.0997. The van der Waals surface area contributed by atoms with E-state index < -0.39 is 0 Å². The first kappa shape index (κ1) is 76.1. The molecular formula is C120H76N8O2. The predicted octanol–water partition coefficient (Wildman–Crippen LogP) is 31.4. The van der Waals surface area contributed by atoms with Crippen LogP contribution in [0.25, 0.3) is 245 Å². The van der Waals surface area contributed by atoms with Crippen molar-refractivity contribution in [1.82, 2.24) is 39.0 Å². The van der Waals surface area contributed by atoms with Crippen molar-refractivity contribution >= 4 is 87.5 Å². The Morgan fingerprint density at radius 3 is 0.746 bits per heavy atom. The van der Waals surface area contributed by atoms with Gasteiger partial charge in [-0.3, -0.25) is 0 Å². The maximum atomic E-state index is 6.55. The molecule has 25 aromatic rings. The molecule has 0 spiro atoms. The van der Waals surface area contributed by atoms with Gasteiger partial charge in [-0.1, -0.05) is 388 Å². The molecular weight excluding hydrogens is 1590 g/mol. The summed E-state index contributed by atoms with van der Waals surface area (Å²) in [4.78, 5) is 31.0. The van der Waals surface area contributed by atoms with Crippen molar-refractivity contribution < 1.29 is 8.83 Å². The van der Waals surface area contributed by atoms with E-state index >= 15 is 0 Å². The van der Waals surface area contributed by atoms with E-state index in [4.69, 9.17) is 38.7 Å². The third-order valence-electron chi connectivity index (χ3n) is 25.0. The molecule has 6 heterocycles. The first-order valence-electron chi connectivity index (χ1n) is 43.8. The lowest BCUT2D eigenvalue weighted by Gasteiger charge is -2.16. The highest BCUT2D eigenvalue weighted by Crippen LogP contribution is 2.46. The number of para-hydroxylation sites is 6. The molecule has 0 aliphatic heterocycles. The third-order valence-corrected chi connectivity index (χ3v) is 25.0. The topological polar surface area (TPSA) is 113 Å². The van der Waals surface area contributed by atoms with E-state index in [1.165, 1.54) is 21.5 Å². The van der Waals surface area contributed by atoms with Crippen molar-refractivity contribution in [3.63, 3.8) is 0 Å². The second-order valence-electron chi connectivity index (χ2n) is 32.7. The molecule has 0 saturated carbocycles. The standard InChI is InChI=1S/C63H40N4O.C57H36N4O/c1-4-15-41(16-5-1)43-27-31-46(32-28-43)61-64-62(47-33-29-44(30-34-47)42-17-6-2-7-18-42)66-63(65-61)49-36-38-57(55(39-49)45-19-8-3-9-20-45)67-56-25-12-10-21-51(56)52-37-35-48(40-58(52)67)50-23-14-24-54-53-22-11-13-26-59(53)68-60(50)54;1-4-15-37(16-5-1)38-27-29-41(30-28-38)56-58-55(40-19-8-3-9-20-40)59-57(60-56)43-32-34-51(49(35-43)39-17-6-2-7-18-39)61-50-25-12-10-21-45(50)46-33-31-42(36-52(46)61)44-23-14-24-48-47-22-11-13-26-53(47)62-54(44)48/h1-40H;1-36H. The molecule has 25 rings (SSSR count). The molecule has 6 aromatic heterocycles. The lowest BCUT2D eigenvalue weighted by Crippen LogP contribution is -2.02. The number of nitrogens with zero attached hydrogens (tertiary/aromatic N) is 8. The number of aromatic nitrogens is 8. The minimum atomic E-state index is 0.594. The zero-order valence-corrected chi connectivity index (χ0v) is 70.3. The molecule has 0 bridgehead atoms. The number of fused-ring (bicyclic) bond motifs is 12. The van der Waals surface area contributed by atoms with Crippen LogP contribution in [0.3, 0.4) is 0 Å². The van der Waals surface area contributed by atoms with Crippen molar-refractivity contribution in [2.45, 2.75) is 0 Å². The average molecular weight is 1660 g/mol. The van der Waals surface area contributed by atoms with Crippen LogP contribution in [0.4, 0.5) is 0 Å². The van der Waals surface area contributed by atoms with Crippen LogP contribution in [0.5, 0.6) is 0 Å². The third kappa shape index (κ3) is 13.9. The van der Waals surface area contributed by atoms with Crippen LogP contribution in [-0.4, -0.2) is 39.0 Å². The molecule has 10 heteroatoms. The Morgan fingerprint density at radius 1 is 0.146 bits per heavy atom. The zero-order chi connectivity index (χ0) is 86.0. The average Bonchev–Trinajstić information content (AvgIpc) is 1.66. The summed E-state index contributed by atoms with van der Waals surface area (Å²) < 4.78 is 17.9. The number of hydrogen-bond acceptors (Lipinski definition) is 8. The van der Waals surface area contributed by atoms with Crippen LogP contribution in [0.1, 0.15) is 0 Å². The van der Waals surface area contributed by atoms with Gasteiger partial charge in [0.1, 0.15) is 22.3 Å². The van der Waals surface area contributed by atoms with Gasteiger partial charge in [0.2, 0.25) is 0 Å². The fourth-order valence-corrected chi connectivity index (χ4v) is 18.6. The van der Waals surface area contributed by atoms with E-state index in [9.17, 15) is 0 Å². The summed E-state index contributed by atoms with van der Waals surface area (Å²) in [5.74, 6) is 3.66. The van der Waals surface area contributed by atoms with Gasteiger partial charge < -0.3 is 18.0 Å². The van der Waals surface area contributed by atoms with E-state index in [1.54, 1.807) is 0 Å². The first-order valence-corrected chi connectivity index (χ1v) is 43.8. The molecule has 0 unspecified atom stereocenters. The van der Waals surface area contributed by atoms with Crippen LogP contribution < -0.4 is 0 Å². The van der Waals surface area contributed by atoms with Crippen molar-refractivity contribution in [2.75, 3.05) is 0 Å². The van der Waals surface area contributed by atoms with Gasteiger partial charge in [-0.2, -0.15) is 0 Å². The van der Waals surface area contributed by atoms with E-state index in [-0.39, 0.29) is 0 Å². The number of benzene rings is 19. The van der Waals surface area contributed by atoms with E-state index in [0.717, 1.165) is 189 Å². The summed E-state index contributed by atoms with van der Waals surface area (Å²) in [6.07, 6.45) is 0. The van der Waals surface area contributed by atoms with Crippen LogP contribution >= 0.6 is 0 Å². The van der Waals surface area contributed by atoms with E-state index in [0.29, 0.717) is 34.9 Å². The number of furan rings is 2. The van der Waals surface area contributed by atoms with Crippen LogP contribution in [0.2, 0.25) is 0 Å². The van der Waals surface area contributed by atoms with Crippen molar-refractivity contribution in [3.8, 4) is 158 Å². The predicted molar refractivity (Wildman–Crippen MR) is 534 cm³/mol. The highest BCUT2D eigenvalue weighted by atomic mass is 16.3. The Bertz CT molecular complexity index is 8510. The van der Waals surface area contributed by atoms with Gasteiger partial charge in [0.25, 0.3) is 0 Å². The molecule has 0 aliphatic rings. The van der Waals surface area contributed by atoms with E-state index in [1.807, 2.05) is 72.8 Å². The summed E-state index contributed by atoms with van der Waals surface area (Å²) in [5.41, 5.74) is 31.0. The summed E-state index contributed by atoms with van der Waals surface area (Å²) in [7, 11) is 0. The molecule has 608 valence electrons. The molecule has 0 saturated heterocycles. The van der Waals surface area contributed by atoms with Gasteiger partial charge in [-0.05, 0) is 128 Å². The van der Waals surface area contributed by atoms with Gasteiger partial charge in [-0.15, -0.1) is 0 Å². The van der Waals surface area contributed by atoms with Gasteiger partial charge in [0.05, 0.1) is 33.4 Å². The highest BCUT2D eigenvalue weighted by molar-refractivity contribution is 6.16. The number of hydrogen-bond donors (Lipinski definition) is 0. The van der Waals surface area contributed by atoms with Crippen LogP contribution in [0.15, 0.2) is 470 Å². The van der Waals surface area contributed by atoms with Gasteiger partial charge >= 0.3 is 0 Å². The summed E-state index contributed by atoms with van der Waals surface area (Å²) in [6, 6.07) is 162. The lowest BCUT2D eigenvalue weighted by atomic mass is 9.99. The maximum absolute atomic E-state index is 6.55. The molecule has 130 heavy (non-hydrogen) atoms. The van der Waals surface area contributed by atoms with E-state index in [2.05, 4.69) is 397 Å². The van der Waals surface area contributed by atoms with Gasteiger partial charge in [0, 0.05) is 98.7 Å². The van der Waals surface area contributed by atoms with Crippen LogP contribution in [-0.2, 0) is 0 Å². The van der Waals surface area contributed by atoms with Crippen LogP contribution in [0, 0.1) is 0 Å². The highest BCUT2D eigenvalue weighted by Gasteiger charge is 2.25. The summed E-state index contributed by atoms with van der Waals surface area (Å²) >= 11 is 0. The molecule has 0 amide bonds. The molecule has 0 fully saturated rings. The largest absolute Gasteiger partial charge is 0.455 e.